The van der Waals surface area contributed by atoms with Crippen LogP contribution in [0.4, 0.5) is 4.39 Å². The fourth-order valence-corrected chi connectivity index (χ4v) is 3.60. The van der Waals surface area contributed by atoms with Gasteiger partial charge >= 0.3 is 0 Å². The van der Waals surface area contributed by atoms with Crippen molar-refractivity contribution in [3.8, 4) is 0 Å². The molecule has 2 aromatic carbocycles. The van der Waals surface area contributed by atoms with E-state index in [1.165, 1.54) is 18.2 Å². The second-order valence-electron chi connectivity index (χ2n) is 6.33. The van der Waals surface area contributed by atoms with E-state index in [-0.39, 0.29) is 10.9 Å². The first-order valence-corrected chi connectivity index (χ1v) is 8.68. The summed E-state index contributed by atoms with van der Waals surface area (Å²) in [7, 11) is 0. The lowest BCUT2D eigenvalue weighted by Gasteiger charge is -2.31. The number of hydrogen-bond donors (Lipinski definition) is 1. The van der Waals surface area contributed by atoms with E-state index < -0.39 is 5.82 Å². The molecule has 4 rings (SSSR count). The lowest BCUT2D eigenvalue weighted by Crippen LogP contribution is -2.38. The number of likely N-dealkylation sites (tertiary alicyclic amines) is 1. The number of nitrogens with zero attached hydrogens (tertiary/aromatic N) is 2. The highest BCUT2D eigenvalue weighted by atomic mass is 35.5. The van der Waals surface area contributed by atoms with Gasteiger partial charge in [-0.05, 0) is 43.2 Å². The molecule has 128 valence electrons. The van der Waals surface area contributed by atoms with Gasteiger partial charge in [-0.25, -0.2) is 9.37 Å². The van der Waals surface area contributed by atoms with Crippen LogP contribution >= 0.6 is 11.6 Å². The van der Waals surface area contributed by atoms with Crippen molar-refractivity contribution in [2.75, 3.05) is 13.1 Å². The topological polar surface area (TPSA) is 49.0 Å². The molecule has 6 heteroatoms. The number of aromatic nitrogens is 2. The molecule has 1 N–H and O–H groups in total. The number of piperidine rings is 1. The maximum absolute atomic E-state index is 13.2. The summed E-state index contributed by atoms with van der Waals surface area (Å²) in [5.74, 6) is 0.700. The minimum Gasteiger partial charge on any atom is -0.342 e. The number of halogens is 2. The molecule has 0 spiro atoms. The Morgan fingerprint density at radius 1 is 1.20 bits per heavy atom. The van der Waals surface area contributed by atoms with Gasteiger partial charge in [0, 0.05) is 19.0 Å². The first-order valence-electron chi connectivity index (χ1n) is 8.31. The maximum atomic E-state index is 13.2. The molecule has 1 fully saturated rings. The Labute approximate surface area is 149 Å². The van der Waals surface area contributed by atoms with Gasteiger partial charge in [0.25, 0.3) is 5.91 Å². The summed E-state index contributed by atoms with van der Waals surface area (Å²) in [5, 5.41) is 0.157. The van der Waals surface area contributed by atoms with E-state index in [0.29, 0.717) is 24.6 Å². The summed E-state index contributed by atoms with van der Waals surface area (Å²) in [6, 6.07) is 11.9. The van der Waals surface area contributed by atoms with Crippen LogP contribution in [-0.2, 0) is 0 Å². The van der Waals surface area contributed by atoms with Crippen LogP contribution in [0, 0.1) is 5.82 Å². The van der Waals surface area contributed by atoms with Crippen molar-refractivity contribution < 1.29 is 9.18 Å². The van der Waals surface area contributed by atoms with Crippen molar-refractivity contribution in [1.29, 1.82) is 0 Å². The Morgan fingerprint density at radius 2 is 1.96 bits per heavy atom. The molecular formula is C19H17ClFN3O. The van der Waals surface area contributed by atoms with Crippen molar-refractivity contribution in [1.82, 2.24) is 14.9 Å². The second kappa shape index (κ2) is 6.48. The Hall–Kier alpha value is -2.40. The number of carbonyl (C=O) groups is 1. The van der Waals surface area contributed by atoms with Gasteiger partial charge in [0.1, 0.15) is 11.6 Å². The number of benzene rings is 2. The Balaban J connectivity index is 1.46. The van der Waals surface area contributed by atoms with E-state index in [1.54, 1.807) is 4.90 Å². The summed E-state index contributed by atoms with van der Waals surface area (Å²) in [4.78, 5) is 22.4. The minimum atomic E-state index is -0.440. The number of carbonyl (C=O) groups excluding carboxylic acids is 1. The molecule has 3 aromatic rings. The third-order valence-electron chi connectivity index (χ3n) is 4.74. The van der Waals surface area contributed by atoms with Crippen LogP contribution in [-0.4, -0.2) is 33.9 Å². The molecule has 1 amide bonds. The summed E-state index contributed by atoms with van der Waals surface area (Å²) in [6.45, 7) is 1.27. The molecule has 0 atom stereocenters. The minimum absolute atomic E-state index is 0.145. The summed E-state index contributed by atoms with van der Waals surface area (Å²) in [5.41, 5.74) is 2.36. The van der Waals surface area contributed by atoms with E-state index in [0.717, 1.165) is 29.7 Å². The van der Waals surface area contributed by atoms with Gasteiger partial charge in [-0.1, -0.05) is 23.7 Å². The van der Waals surface area contributed by atoms with Crippen molar-refractivity contribution >= 4 is 28.5 Å². The molecule has 0 bridgehead atoms. The predicted molar refractivity (Wildman–Crippen MR) is 95.4 cm³/mol. The Morgan fingerprint density at radius 3 is 2.68 bits per heavy atom. The van der Waals surface area contributed by atoms with Gasteiger partial charge in [-0.3, -0.25) is 4.79 Å². The average Bonchev–Trinajstić information content (AvgIpc) is 3.05. The quantitative estimate of drug-likeness (QED) is 0.740. The van der Waals surface area contributed by atoms with Crippen molar-refractivity contribution in [3.05, 3.63) is 64.7 Å². The third kappa shape index (κ3) is 3.12. The number of fused-ring (bicyclic) bond motifs is 1. The van der Waals surface area contributed by atoms with E-state index in [9.17, 15) is 9.18 Å². The molecule has 1 aliphatic heterocycles. The second-order valence-corrected chi connectivity index (χ2v) is 6.74. The van der Waals surface area contributed by atoms with Crippen molar-refractivity contribution in [2.45, 2.75) is 18.8 Å². The van der Waals surface area contributed by atoms with Crippen LogP contribution in [0.15, 0.2) is 42.5 Å². The molecule has 0 unspecified atom stereocenters. The summed E-state index contributed by atoms with van der Waals surface area (Å²) < 4.78 is 13.2. The third-order valence-corrected chi connectivity index (χ3v) is 5.05. The average molecular weight is 358 g/mol. The first kappa shape index (κ1) is 16.1. The number of H-pyrrole nitrogens is 1. The number of hydrogen-bond acceptors (Lipinski definition) is 2. The Bertz CT molecular complexity index is 898. The molecular weight excluding hydrogens is 341 g/mol. The number of nitrogens with one attached hydrogen (secondary N) is 1. The van der Waals surface area contributed by atoms with Crippen LogP contribution in [0.3, 0.4) is 0 Å². The lowest BCUT2D eigenvalue weighted by molar-refractivity contribution is 0.0711. The highest BCUT2D eigenvalue weighted by Crippen LogP contribution is 2.29. The normalized spacial score (nSPS) is 15.7. The first-order chi connectivity index (χ1) is 12.1. The summed E-state index contributed by atoms with van der Waals surface area (Å²) in [6.07, 6.45) is 1.68. The van der Waals surface area contributed by atoms with Crippen LogP contribution in [0.25, 0.3) is 11.0 Å². The van der Waals surface area contributed by atoms with Crippen LogP contribution < -0.4 is 0 Å². The molecule has 1 saturated heterocycles. The van der Waals surface area contributed by atoms with Gasteiger partial charge in [0.2, 0.25) is 0 Å². The maximum Gasteiger partial charge on any atom is 0.255 e. The van der Waals surface area contributed by atoms with Crippen molar-refractivity contribution in [2.24, 2.45) is 0 Å². The zero-order valence-electron chi connectivity index (χ0n) is 13.5. The fraction of sp³-hybridized carbons (Fsp3) is 0.263. The molecule has 4 nitrogen and oxygen atoms in total. The zero-order valence-corrected chi connectivity index (χ0v) is 14.3. The van der Waals surface area contributed by atoms with E-state index in [2.05, 4.69) is 9.97 Å². The highest BCUT2D eigenvalue weighted by molar-refractivity contribution is 6.33. The predicted octanol–water partition coefficient (Wildman–Crippen LogP) is 4.38. The van der Waals surface area contributed by atoms with Crippen LogP contribution in [0.2, 0.25) is 5.02 Å². The number of imidazole rings is 1. The zero-order chi connectivity index (χ0) is 17.4. The largest absolute Gasteiger partial charge is 0.342 e. The van der Waals surface area contributed by atoms with Crippen LogP contribution in [0.5, 0.6) is 0 Å². The molecule has 1 aromatic heterocycles. The van der Waals surface area contributed by atoms with Gasteiger partial charge in [0.05, 0.1) is 21.6 Å². The van der Waals surface area contributed by atoms with Gasteiger partial charge in [-0.15, -0.1) is 0 Å². The molecule has 1 aliphatic rings. The molecule has 0 radical (unpaired) electrons. The number of aromatic amines is 1. The molecule has 25 heavy (non-hydrogen) atoms. The standard InChI is InChI=1S/C19H17ClFN3O/c20-15-11-13(21)5-6-14(15)19(25)24-9-7-12(8-10-24)18-22-16-3-1-2-4-17(16)23-18/h1-6,11-12H,7-10H2,(H,22,23). The fourth-order valence-electron chi connectivity index (χ4n) is 3.36. The van der Waals surface area contributed by atoms with Gasteiger partial charge < -0.3 is 9.88 Å². The molecule has 2 heterocycles. The highest BCUT2D eigenvalue weighted by Gasteiger charge is 2.27. The van der Waals surface area contributed by atoms with E-state index >= 15 is 0 Å². The van der Waals surface area contributed by atoms with E-state index in [4.69, 9.17) is 11.6 Å². The lowest BCUT2D eigenvalue weighted by atomic mass is 9.95. The number of amides is 1. The van der Waals surface area contributed by atoms with Gasteiger partial charge in [0.15, 0.2) is 0 Å². The van der Waals surface area contributed by atoms with Crippen molar-refractivity contribution in [3.63, 3.8) is 0 Å². The number of para-hydroxylation sites is 2. The van der Waals surface area contributed by atoms with E-state index in [1.807, 2.05) is 24.3 Å². The SMILES string of the molecule is O=C(c1ccc(F)cc1Cl)N1CCC(c2nc3ccccc3[nH]2)CC1. The molecule has 0 aliphatic carbocycles. The smallest absolute Gasteiger partial charge is 0.255 e. The van der Waals surface area contributed by atoms with Gasteiger partial charge in [-0.2, -0.15) is 0 Å². The molecule has 0 saturated carbocycles. The number of rotatable bonds is 2. The van der Waals surface area contributed by atoms with Crippen LogP contribution in [0.1, 0.15) is 34.9 Å². The monoisotopic (exact) mass is 357 g/mol. The Kier molecular flexibility index (Phi) is 4.17. The summed E-state index contributed by atoms with van der Waals surface area (Å²) >= 11 is 6.01.